The minimum atomic E-state index is -4.38. The fourth-order valence-electron chi connectivity index (χ4n) is 2.55. The number of rotatable bonds is 2. The molecule has 1 aliphatic rings. The van der Waals surface area contributed by atoms with Crippen molar-refractivity contribution in [3.05, 3.63) is 35.4 Å². The van der Waals surface area contributed by atoms with Crippen LogP contribution < -0.4 is 0 Å². The number of nitrogens with zero attached hydrogens (tertiary/aromatic N) is 1. The second-order valence-corrected chi connectivity index (χ2v) is 6.07. The van der Waals surface area contributed by atoms with Crippen molar-refractivity contribution in [3.8, 4) is 0 Å². The van der Waals surface area contributed by atoms with Crippen LogP contribution in [0.1, 0.15) is 35.7 Å². The Morgan fingerprint density at radius 3 is 2.19 bits per heavy atom. The molecule has 0 radical (unpaired) electrons. The van der Waals surface area contributed by atoms with E-state index in [-0.39, 0.29) is 11.3 Å². The van der Waals surface area contributed by atoms with Crippen LogP contribution in [0.15, 0.2) is 24.3 Å². The summed E-state index contributed by atoms with van der Waals surface area (Å²) >= 11 is 6.05. The van der Waals surface area contributed by atoms with Crippen molar-refractivity contribution >= 4 is 17.5 Å². The smallest absolute Gasteiger partial charge is 0.339 e. The molecule has 1 aromatic rings. The monoisotopic (exact) mass is 319 g/mol. The molecule has 2 rings (SSSR count). The second-order valence-electron chi connectivity index (χ2n) is 5.38. The molecule has 0 N–H and O–H groups in total. The van der Waals surface area contributed by atoms with Gasteiger partial charge in [-0.2, -0.15) is 13.2 Å². The van der Waals surface area contributed by atoms with E-state index in [0.717, 1.165) is 25.0 Å². The largest absolute Gasteiger partial charge is 0.416 e. The quantitative estimate of drug-likeness (QED) is 0.749. The van der Waals surface area contributed by atoms with Gasteiger partial charge in [0.05, 0.1) is 5.56 Å². The van der Waals surface area contributed by atoms with Crippen molar-refractivity contribution in [2.24, 2.45) is 5.92 Å². The Hall–Kier alpha value is -1.23. The van der Waals surface area contributed by atoms with Crippen molar-refractivity contribution < 1.29 is 18.0 Å². The fourth-order valence-corrected chi connectivity index (χ4v) is 2.80. The maximum absolute atomic E-state index is 12.5. The molecule has 1 aliphatic heterocycles. The van der Waals surface area contributed by atoms with E-state index in [4.69, 9.17) is 11.6 Å². The standard InChI is InChI=1S/C15H17ClF3NO/c1-10(16)11-6-8-20(9-7-11)14(21)12-2-4-13(5-3-12)15(17,18)19/h2-5,10-11H,6-9H2,1H3. The highest BCUT2D eigenvalue weighted by Crippen LogP contribution is 2.29. The summed E-state index contributed by atoms with van der Waals surface area (Å²) in [7, 11) is 0. The molecule has 0 spiro atoms. The average Bonchev–Trinajstić information content (AvgIpc) is 2.46. The molecule has 6 heteroatoms. The third-order valence-electron chi connectivity index (χ3n) is 3.94. The molecule has 21 heavy (non-hydrogen) atoms. The van der Waals surface area contributed by atoms with Gasteiger partial charge in [0.25, 0.3) is 5.91 Å². The first-order valence-corrected chi connectivity index (χ1v) is 7.33. The topological polar surface area (TPSA) is 20.3 Å². The second kappa shape index (κ2) is 6.26. The summed E-state index contributed by atoms with van der Waals surface area (Å²) in [5.74, 6) is 0.174. The fraction of sp³-hybridized carbons (Fsp3) is 0.533. The predicted octanol–water partition coefficient (Wildman–Crippen LogP) is 4.18. The molecular formula is C15H17ClF3NO. The number of piperidine rings is 1. The summed E-state index contributed by atoms with van der Waals surface area (Å²) in [6, 6.07) is 4.37. The molecule has 0 saturated carbocycles. The van der Waals surface area contributed by atoms with Crippen molar-refractivity contribution in [1.29, 1.82) is 0 Å². The zero-order chi connectivity index (χ0) is 15.6. The molecule has 0 aliphatic carbocycles. The first kappa shape index (κ1) is 16.1. The number of hydrogen-bond donors (Lipinski definition) is 0. The molecule has 116 valence electrons. The zero-order valence-corrected chi connectivity index (χ0v) is 12.4. The van der Waals surface area contributed by atoms with Gasteiger partial charge in [-0.25, -0.2) is 0 Å². The highest BCUT2D eigenvalue weighted by molar-refractivity contribution is 6.20. The van der Waals surface area contributed by atoms with E-state index < -0.39 is 11.7 Å². The first-order valence-electron chi connectivity index (χ1n) is 6.89. The van der Waals surface area contributed by atoms with Crippen LogP contribution in [-0.2, 0) is 6.18 Å². The highest BCUT2D eigenvalue weighted by Gasteiger charge is 2.31. The molecule has 1 saturated heterocycles. The Morgan fingerprint density at radius 1 is 1.24 bits per heavy atom. The SMILES string of the molecule is CC(Cl)C1CCN(C(=O)c2ccc(C(F)(F)F)cc2)CC1. The Labute approximate surface area is 126 Å². The van der Waals surface area contributed by atoms with Crippen LogP contribution in [0.25, 0.3) is 0 Å². The number of benzene rings is 1. The number of halogens is 4. The number of alkyl halides is 4. The van der Waals surface area contributed by atoms with Crippen molar-refractivity contribution in [1.82, 2.24) is 4.90 Å². The third-order valence-corrected chi connectivity index (χ3v) is 4.29. The summed E-state index contributed by atoms with van der Waals surface area (Å²) in [5.41, 5.74) is -0.450. The highest BCUT2D eigenvalue weighted by atomic mass is 35.5. The van der Waals surface area contributed by atoms with Gasteiger partial charge in [-0.3, -0.25) is 4.79 Å². The summed E-state index contributed by atoms with van der Waals surface area (Å²) in [6.07, 6.45) is -2.72. The normalized spacial score (nSPS) is 18.6. The minimum absolute atomic E-state index is 0.0771. The number of amides is 1. The van der Waals surface area contributed by atoms with Crippen molar-refractivity contribution in [2.75, 3.05) is 13.1 Å². The van der Waals surface area contributed by atoms with Crippen LogP contribution in [-0.4, -0.2) is 29.3 Å². The number of carbonyl (C=O) groups is 1. The zero-order valence-electron chi connectivity index (χ0n) is 11.7. The Kier molecular flexibility index (Phi) is 4.81. The molecule has 2 nitrogen and oxygen atoms in total. The Morgan fingerprint density at radius 2 is 1.76 bits per heavy atom. The molecule has 0 bridgehead atoms. The van der Waals surface area contributed by atoms with Crippen LogP contribution in [0.5, 0.6) is 0 Å². The molecule has 1 fully saturated rings. The van der Waals surface area contributed by atoms with Gasteiger partial charge in [0.2, 0.25) is 0 Å². The van der Waals surface area contributed by atoms with Gasteiger partial charge in [0, 0.05) is 24.0 Å². The van der Waals surface area contributed by atoms with Gasteiger partial charge in [-0.15, -0.1) is 11.6 Å². The van der Waals surface area contributed by atoms with E-state index in [0.29, 0.717) is 24.6 Å². The molecular weight excluding hydrogens is 303 g/mol. The summed E-state index contributed by atoms with van der Waals surface area (Å²) in [4.78, 5) is 13.9. The maximum atomic E-state index is 12.5. The van der Waals surface area contributed by atoms with E-state index >= 15 is 0 Å². The van der Waals surface area contributed by atoms with E-state index in [1.165, 1.54) is 12.1 Å². The molecule has 1 aromatic carbocycles. The summed E-state index contributed by atoms with van der Waals surface area (Å²) in [5, 5.41) is 0.0771. The average molecular weight is 320 g/mol. The van der Waals surface area contributed by atoms with E-state index in [1.807, 2.05) is 6.92 Å². The summed E-state index contributed by atoms with van der Waals surface area (Å²) in [6.45, 7) is 3.14. The molecule has 1 unspecified atom stereocenters. The lowest BCUT2D eigenvalue weighted by Crippen LogP contribution is -2.40. The number of carbonyl (C=O) groups excluding carboxylic acids is 1. The van der Waals surface area contributed by atoms with Crippen LogP contribution in [0, 0.1) is 5.92 Å². The van der Waals surface area contributed by atoms with Crippen LogP contribution >= 0.6 is 11.6 Å². The Balaban J connectivity index is 2.01. The maximum Gasteiger partial charge on any atom is 0.416 e. The summed E-state index contributed by atoms with van der Waals surface area (Å²) < 4.78 is 37.5. The molecule has 0 aromatic heterocycles. The van der Waals surface area contributed by atoms with Crippen LogP contribution in [0.4, 0.5) is 13.2 Å². The van der Waals surface area contributed by atoms with Gasteiger partial charge in [0.1, 0.15) is 0 Å². The number of likely N-dealkylation sites (tertiary alicyclic amines) is 1. The van der Waals surface area contributed by atoms with E-state index in [9.17, 15) is 18.0 Å². The lowest BCUT2D eigenvalue weighted by atomic mass is 9.93. The lowest BCUT2D eigenvalue weighted by Gasteiger charge is -2.33. The van der Waals surface area contributed by atoms with Crippen molar-refractivity contribution in [2.45, 2.75) is 31.3 Å². The van der Waals surface area contributed by atoms with Gasteiger partial charge < -0.3 is 4.90 Å². The molecule has 1 amide bonds. The van der Waals surface area contributed by atoms with E-state index in [2.05, 4.69) is 0 Å². The number of hydrogen-bond acceptors (Lipinski definition) is 1. The van der Waals surface area contributed by atoms with Crippen LogP contribution in [0.3, 0.4) is 0 Å². The lowest BCUT2D eigenvalue weighted by molar-refractivity contribution is -0.137. The van der Waals surface area contributed by atoms with Gasteiger partial charge >= 0.3 is 6.18 Å². The molecule has 1 atom stereocenters. The third kappa shape index (κ3) is 3.90. The van der Waals surface area contributed by atoms with E-state index in [1.54, 1.807) is 4.90 Å². The molecule has 1 heterocycles. The van der Waals surface area contributed by atoms with Gasteiger partial charge in [-0.1, -0.05) is 0 Å². The minimum Gasteiger partial charge on any atom is -0.339 e. The first-order chi connectivity index (χ1) is 9.79. The van der Waals surface area contributed by atoms with Gasteiger partial charge in [0.15, 0.2) is 0 Å². The van der Waals surface area contributed by atoms with Crippen molar-refractivity contribution in [3.63, 3.8) is 0 Å². The Bertz CT molecular complexity index is 491. The predicted molar refractivity (Wildman–Crippen MR) is 75.4 cm³/mol. The van der Waals surface area contributed by atoms with Gasteiger partial charge in [-0.05, 0) is 49.9 Å². The van der Waals surface area contributed by atoms with Crippen LogP contribution in [0.2, 0.25) is 0 Å².